The van der Waals surface area contributed by atoms with Crippen molar-refractivity contribution in [1.29, 1.82) is 0 Å². The van der Waals surface area contributed by atoms with Crippen molar-refractivity contribution in [3.8, 4) is 0 Å². The molecule has 0 aliphatic carbocycles. The lowest BCUT2D eigenvalue weighted by Gasteiger charge is -2.32. The molecular weight excluding hydrogens is 339 g/mol. The van der Waals surface area contributed by atoms with Crippen LogP contribution in [0.15, 0.2) is 18.3 Å². The number of pyridine rings is 1. The summed E-state index contributed by atoms with van der Waals surface area (Å²) in [5.41, 5.74) is 2.36. The third-order valence-electron chi connectivity index (χ3n) is 4.39. The smallest absolute Gasteiger partial charge is 0.230 e. The highest BCUT2D eigenvalue weighted by atomic mass is 32.1. The van der Waals surface area contributed by atoms with Crippen molar-refractivity contribution in [2.75, 3.05) is 18.4 Å². The largest absolute Gasteiger partial charge is 0.302 e. The number of anilines is 1. The number of halogens is 1. The predicted molar refractivity (Wildman–Crippen MR) is 97.1 cm³/mol. The summed E-state index contributed by atoms with van der Waals surface area (Å²) in [6.45, 7) is 5.88. The standard InChI is InChI=1S/C18H23FN4OS/c1-12-8-14(5-6-20-12)9-15-4-3-7-23(10-15)11-16-17(19)22-18(25-16)21-13(2)24/h5-6,8,15H,3-4,7,9-11H2,1-2H3,(H,21,22,24)/t15-/m1/s1. The number of piperidine rings is 1. The molecule has 0 saturated carbocycles. The molecule has 0 unspecified atom stereocenters. The Hall–Kier alpha value is -1.86. The van der Waals surface area contributed by atoms with Gasteiger partial charge in [-0.05, 0) is 56.3 Å². The molecule has 0 bridgehead atoms. The number of aromatic nitrogens is 2. The van der Waals surface area contributed by atoms with E-state index in [9.17, 15) is 9.18 Å². The Bertz CT molecular complexity index is 748. The van der Waals surface area contributed by atoms with Crippen molar-refractivity contribution in [2.24, 2.45) is 5.92 Å². The predicted octanol–water partition coefficient (Wildman–Crippen LogP) is 3.40. The normalized spacial score (nSPS) is 18.3. The van der Waals surface area contributed by atoms with Crippen LogP contribution in [0.1, 0.15) is 35.9 Å². The molecule has 2 aromatic rings. The van der Waals surface area contributed by atoms with E-state index < -0.39 is 5.95 Å². The summed E-state index contributed by atoms with van der Waals surface area (Å²) in [5.74, 6) is -0.132. The van der Waals surface area contributed by atoms with Gasteiger partial charge in [0.1, 0.15) is 0 Å². The maximum Gasteiger partial charge on any atom is 0.230 e. The maximum atomic E-state index is 14.0. The monoisotopic (exact) mass is 362 g/mol. The second kappa shape index (κ2) is 8.01. The van der Waals surface area contributed by atoms with Crippen LogP contribution < -0.4 is 5.32 Å². The third kappa shape index (κ3) is 5.06. The minimum Gasteiger partial charge on any atom is -0.302 e. The second-order valence-electron chi connectivity index (χ2n) is 6.67. The van der Waals surface area contributed by atoms with E-state index in [-0.39, 0.29) is 5.91 Å². The van der Waals surface area contributed by atoms with Crippen LogP contribution in [0.25, 0.3) is 0 Å². The molecule has 1 N–H and O–H groups in total. The van der Waals surface area contributed by atoms with Gasteiger partial charge in [-0.15, -0.1) is 0 Å². The van der Waals surface area contributed by atoms with E-state index in [0.717, 1.165) is 31.6 Å². The average molecular weight is 362 g/mol. The summed E-state index contributed by atoms with van der Waals surface area (Å²) in [7, 11) is 0. The summed E-state index contributed by atoms with van der Waals surface area (Å²) in [4.78, 5) is 22.0. The molecule has 3 heterocycles. The molecule has 134 valence electrons. The Morgan fingerprint density at radius 3 is 3.12 bits per heavy atom. The van der Waals surface area contributed by atoms with Gasteiger partial charge < -0.3 is 5.32 Å². The SMILES string of the molecule is CC(=O)Nc1nc(F)c(CN2CCC[C@H](Cc3ccnc(C)c3)C2)s1. The zero-order chi connectivity index (χ0) is 17.8. The Kier molecular flexibility index (Phi) is 5.75. The molecule has 0 spiro atoms. The molecule has 0 aromatic carbocycles. The molecule has 1 aliphatic rings. The molecule has 0 radical (unpaired) electrons. The first-order valence-electron chi connectivity index (χ1n) is 8.56. The fraction of sp³-hybridized carbons (Fsp3) is 0.500. The molecule has 1 aliphatic heterocycles. The Morgan fingerprint density at radius 1 is 1.52 bits per heavy atom. The summed E-state index contributed by atoms with van der Waals surface area (Å²) in [6.07, 6.45) is 5.21. The van der Waals surface area contributed by atoms with Crippen molar-refractivity contribution in [1.82, 2.24) is 14.9 Å². The molecule has 2 aromatic heterocycles. The Balaban J connectivity index is 1.60. The average Bonchev–Trinajstić information content (AvgIpc) is 2.86. The van der Waals surface area contributed by atoms with E-state index in [1.165, 1.54) is 30.2 Å². The van der Waals surface area contributed by atoms with Crippen LogP contribution in [-0.2, 0) is 17.8 Å². The number of likely N-dealkylation sites (tertiary alicyclic amines) is 1. The van der Waals surface area contributed by atoms with Crippen LogP contribution >= 0.6 is 11.3 Å². The number of carbonyl (C=O) groups excluding carboxylic acids is 1. The highest BCUT2D eigenvalue weighted by Crippen LogP contribution is 2.27. The third-order valence-corrected chi connectivity index (χ3v) is 5.32. The first-order chi connectivity index (χ1) is 12.0. The summed E-state index contributed by atoms with van der Waals surface area (Å²) < 4.78 is 14.0. The second-order valence-corrected chi connectivity index (χ2v) is 7.75. The van der Waals surface area contributed by atoms with Gasteiger partial charge in [0, 0.05) is 31.9 Å². The lowest BCUT2D eigenvalue weighted by atomic mass is 9.91. The highest BCUT2D eigenvalue weighted by molar-refractivity contribution is 7.15. The minimum atomic E-state index is -0.472. The van der Waals surface area contributed by atoms with Crippen LogP contribution in [0, 0.1) is 18.8 Å². The zero-order valence-electron chi connectivity index (χ0n) is 14.6. The number of hydrogen-bond acceptors (Lipinski definition) is 5. The fourth-order valence-corrected chi connectivity index (χ4v) is 4.29. The van der Waals surface area contributed by atoms with Crippen LogP contribution in [0.2, 0.25) is 0 Å². The lowest BCUT2D eigenvalue weighted by molar-refractivity contribution is -0.114. The number of thiazole rings is 1. The van der Waals surface area contributed by atoms with Crippen molar-refractivity contribution < 1.29 is 9.18 Å². The van der Waals surface area contributed by atoms with Crippen molar-refractivity contribution in [3.05, 3.63) is 40.4 Å². The maximum absolute atomic E-state index is 14.0. The summed E-state index contributed by atoms with van der Waals surface area (Å²) in [5, 5.41) is 2.89. The zero-order valence-corrected chi connectivity index (χ0v) is 15.4. The van der Waals surface area contributed by atoms with Gasteiger partial charge in [-0.25, -0.2) is 0 Å². The van der Waals surface area contributed by atoms with Gasteiger partial charge in [-0.3, -0.25) is 14.7 Å². The Morgan fingerprint density at radius 2 is 2.36 bits per heavy atom. The van der Waals surface area contributed by atoms with Crippen LogP contribution in [0.3, 0.4) is 0 Å². The molecule has 1 saturated heterocycles. The fourth-order valence-electron chi connectivity index (χ4n) is 3.36. The van der Waals surface area contributed by atoms with E-state index in [2.05, 4.69) is 32.3 Å². The molecule has 1 fully saturated rings. The van der Waals surface area contributed by atoms with Gasteiger partial charge in [0.15, 0.2) is 5.13 Å². The number of nitrogens with one attached hydrogen (secondary N) is 1. The molecule has 5 nitrogen and oxygen atoms in total. The quantitative estimate of drug-likeness (QED) is 0.886. The highest BCUT2D eigenvalue weighted by Gasteiger charge is 2.22. The van der Waals surface area contributed by atoms with E-state index in [1.54, 1.807) is 0 Å². The number of carbonyl (C=O) groups is 1. The van der Waals surface area contributed by atoms with Gasteiger partial charge in [0.2, 0.25) is 11.9 Å². The van der Waals surface area contributed by atoms with Crippen molar-refractivity contribution >= 4 is 22.4 Å². The van der Waals surface area contributed by atoms with E-state index in [0.29, 0.717) is 22.5 Å². The number of nitrogens with zero attached hydrogens (tertiary/aromatic N) is 3. The van der Waals surface area contributed by atoms with Gasteiger partial charge in [0.25, 0.3) is 0 Å². The van der Waals surface area contributed by atoms with Crippen molar-refractivity contribution in [3.63, 3.8) is 0 Å². The van der Waals surface area contributed by atoms with Gasteiger partial charge in [0.05, 0.1) is 4.88 Å². The molecular formula is C18H23FN4OS. The van der Waals surface area contributed by atoms with E-state index in [4.69, 9.17) is 0 Å². The first-order valence-corrected chi connectivity index (χ1v) is 9.38. The van der Waals surface area contributed by atoms with Gasteiger partial charge in [-0.2, -0.15) is 9.37 Å². The molecule has 3 rings (SSSR count). The van der Waals surface area contributed by atoms with Gasteiger partial charge in [-0.1, -0.05) is 11.3 Å². The number of hydrogen-bond donors (Lipinski definition) is 1. The number of amides is 1. The minimum absolute atomic E-state index is 0.231. The topological polar surface area (TPSA) is 58.1 Å². The van der Waals surface area contributed by atoms with Crippen LogP contribution in [-0.4, -0.2) is 33.9 Å². The summed E-state index contributed by atoms with van der Waals surface area (Å²) >= 11 is 1.22. The first kappa shape index (κ1) is 17.9. The molecule has 1 atom stereocenters. The van der Waals surface area contributed by atoms with E-state index in [1.807, 2.05) is 13.1 Å². The lowest BCUT2D eigenvalue weighted by Crippen LogP contribution is -2.35. The van der Waals surface area contributed by atoms with Crippen LogP contribution in [0.5, 0.6) is 0 Å². The molecule has 25 heavy (non-hydrogen) atoms. The summed E-state index contributed by atoms with van der Waals surface area (Å²) in [6, 6.07) is 4.22. The molecule has 1 amide bonds. The van der Waals surface area contributed by atoms with Crippen LogP contribution in [0.4, 0.5) is 9.52 Å². The Labute approximate surface area is 151 Å². The van der Waals surface area contributed by atoms with E-state index >= 15 is 0 Å². The van der Waals surface area contributed by atoms with Gasteiger partial charge >= 0.3 is 0 Å². The van der Waals surface area contributed by atoms with Crippen molar-refractivity contribution in [2.45, 2.75) is 39.7 Å². The number of aryl methyl sites for hydroxylation is 1. The number of rotatable bonds is 5. The molecule has 7 heteroatoms.